The van der Waals surface area contributed by atoms with Crippen molar-refractivity contribution in [1.29, 1.82) is 0 Å². The van der Waals surface area contributed by atoms with Crippen LogP contribution >= 0.6 is 19.8 Å². The maximum Gasteiger partial charge on any atom is 0.227 e. The molecule has 5 heteroatoms. The average molecular weight is 283 g/mol. The Kier molecular flexibility index (Phi) is 3.88. The smallest absolute Gasteiger partial charge is 0.227 e. The Balaban J connectivity index is 2.40. The molecule has 0 saturated carbocycles. The van der Waals surface area contributed by atoms with E-state index in [4.69, 9.17) is 0 Å². The summed E-state index contributed by atoms with van der Waals surface area (Å²) >= 11 is 4.26. The van der Waals surface area contributed by atoms with E-state index in [-0.39, 0.29) is 5.91 Å². The lowest BCUT2D eigenvalue weighted by Crippen LogP contribution is -2.29. The van der Waals surface area contributed by atoms with E-state index < -0.39 is 7.14 Å². The van der Waals surface area contributed by atoms with Crippen molar-refractivity contribution in [3.05, 3.63) is 24.3 Å². The minimum absolute atomic E-state index is 0.106. The molecule has 0 aliphatic carbocycles. The molecule has 1 amide bonds. The van der Waals surface area contributed by atoms with Gasteiger partial charge in [0, 0.05) is 18.3 Å². The molecule has 1 fully saturated rings. The predicted octanol–water partition coefficient (Wildman–Crippen LogP) is 2.22. The zero-order valence-corrected chi connectivity index (χ0v) is 12.5. The summed E-state index contributed by atoms with van der Waals surface area (Å²) in [5.41, 5.74) is 0.806. The third-order valence-electron chi connectivity index (χ3n) is 3.22. The van der Waals surface area contributed by atoms with Crippen LogP contribution in [0.5, 0.6) is 0 Å². The van der Waals surface area contributed by atoms with Gasteiger partial charge in [0.25, 0.3) is 0 Å². The van der Waals surface area contributed by atoms with Crippen molar-refractivity contribution >= 4 is 36.7 Å². The molecular formula is C13H18NO2PS. The number of carbonyl (C=O) groups is 1. The van der Waals surface area contributed by atoms with Gasteiger partial charge in [-0.2, -0.15) is 12.6 Å². The molecule has 1 saturated heterocycles. The molecular weight excluding hydrogens is 265 g/mol. The summed E-state index contributed by atoms with van der Waals surface area (Å²) < 4.78 is 12.3. The van der Waals surface area contributed by atoms with Gasteiger partial charge < -0.3 is 9.46 Å². The molecule has 1 aliphatic heterocycles. The molecule has 0 bridgehead atoms. The quantitative estimate of drug-likeness (QED) is 0.682. The van der Waals surface area contributed by atoms with Crippen molar-refractivity contribution in [2.75, 3.05) is 30.5 Å². The Labute approximate surface area is 113 Å². The number of benzene rings is 1. The topological polar surface area (TPSA) is 37.4 Å². The van der Waals surface area contributed by atoms with Crippen molar-refractivity contribution in [2.24, 2.45) is 5.92 Å². The minimum Gasteiger partial charge on any atom is -0.319 e. The molecule has 0 N–H and O–H groups in total. The standard InChI is InChI=1S/C13H18NO2PS/c1-17(2,16)12-6-4-3-5-11(12)14-8-10(9-18)7-13(14)15/h3-6,10,18H,7-9H2,1-2H3. The maximum absolute atomic E-state index is 12.3. The number of carbonyl (C=O) groups excluding carboxylic acids is 1. The second kappa shape index (κ2) is 5.10. The first-order chi connectivity index (χ1) is 8.43. The fourth-order valence-electron chi connectivity index (χ4n) is 2.28. The van der Waals surface area contributed by atoms with Gasteiger partial charge in [0.15, 0.2) is 0 Å². The van der Waals surface area contributed by atoms with Gasteiger partial charge in [-0.05, 0) is 37.1 Å². The maximum atomic E-state index is 12.3. The lowest BCUT2D eigenvalue weighted by Gasteiger charge is -2.22. The summed E-state index contributed by atoms with van der Waals surface area (Å²) in [7, 11) is -2.38. The Morgan fingerprint density at radius 3 is 2.61 bits per heavy atom. The molecule has 1 aliphatic rings. The largest absolute Gasteiger partial charge is 0.319 e. The zero-order valence-electron chi connectivity index (χ0n) is 10.7. The van der Waals surface area contributed by atoms with E-state index in [1.54, 1.807) is 18.2 Å². The lowest BCUT2D eigenvalue weighted by atomic mass is 10.1. The van der Waals surface area contributed by atoms with Gasteiger partial charge >= 0.3 is 0 Å². The summed E-state index contributed by atoms with van der Waals surface area (Å²) in [5.74, 6) is 1.11. The summed E-state index contributed by atoms with van der Waals surface area (Å²) in [4.78, 5) is 13.8. The zero-order chi connectivity index (χ0) is 13.3. The van der Waals surface area contributed by atoms with Crippen molar-refractivity contribution in [1.82, 2.24) is 0 Å². The highest BCUT2D eigenvalue weighted by Crippen LogP contribution is 2.39. The fraction of sp³-hybridized carbons (Fsp3) is 0.462. The van der Waals surface area contributed by atoms with Crippen LogP contribution in [0.15, 0.2) is 24.3 Å². The van der Waals surface area contributed by atoms with Gasteiger partial charge in [-0.1, -0.05) is 12.1 Å². The van der Waals surface area contributed by atoms with Gasteiger partial charge in [0.2, 0.25) is 5.91 Å². The van der Waals surface area contributed by atoms with Gasteiger partial charge in [0.1, 0.15) is 7.14 Å². The molecule has 1 aromatic carbocycles. The molecule has 0 radical (unpaired) electrons. The molecule has 98 valence electrons. The highest BCUT2D eigenvalue weighted by atomic mass is 32.1. The predicted molar refractivity (Wildman–Crippen MR) is 79.8 cm³/mol. The molecule has 1 heterocycles. The lowest BCUT2D eigenvalue weighted by molar-refractivity contribution is -0.117. The number of hydrogen-bond acceptors (Lipinski definition) is 3. The number of anilines is 1. The summed E-state index contributed by atoms with van der Waals surface area (Å²) in [6, 6.07) is 7.50. The van der Waals surface area contributed by atoms with Crippen molar-refractivity contribution in [3.8, 4) is 0 Å². The summed E-state index contributed by atoms with van der Waals surface area (Å²) in [6.45, 7) is 4.16. The van der Waals surface area contributed by atoms with Crippen LogP contribution in [-0.2, 0) is 9.36 Å². The van der Waals surface area contributed by atoms with Crippen molar-refractivity contribution < 1.29 is 9.36 Å². The van der Waals surface area contributed by atoms with E-state index in [1.807, 2.05) is 24.3 Å². The van der Waals surface area contributed by atoms with Gasteiger partial charge in [-0.15, -0.1) is 0 Å². The van der Waals surface area contributed by atoms with Gasteiger partial charge in [-0.25, -0.2) is 0 Å². The first-order valence-electron chi connectivity index (χ1n) is 5.99. The normalized spacial score (nSPS) is 20.5. The number of rotatable bonds is 3. The first-order valence-corrected chi connectivity index (χ1v) is 9.22. The third-order valence-corrected chi connectivity index (χ3v) is 5.27. The third kappa shape index (κ3) is 2.65. The van der Waals surface area contributed by atoms with Crippen LogP contribution in [0, 0.1) is 5.92 Å². The van der Waals surface area contributed by atoms with Crippen molar-refractivity contribution in [3.63, 3.8) is 0 Å². The highest BCUT2D eigenvalue weighted by Gasteiger charge is 2.32. The number of para-hydroxylation sites is 1. The van der Waals surface area contributed by atoms with E-state index in [2.05, 4.69) is 12.6 Å². The van der Waals surface area contributed by atoms with Crippen LogP contribution in [0.1, 0.15) is 6.42 Å². The number of nitrogens with zero attached hydrogens (tertiary/aromatic N) is 1. The van der Waals surface area contributed by atoms with Crippen LogP contribution in [0.25, 0.3) is 0 Å². The van der Waals surface area contributed by atoms with E-state index in [9.17, 15) is 9.36 Å². The number of amides is 1. The summed E-state index contributed by atoms with van der Waals surface area (Å²) in [6.07, 6.45) is 0.537. The van der Waals surface area contributed by atoms with Gasteiger partial charge in [0.05, 0.1) is 5.69 Å². The Morgan fingerprint density at radius 1 is 1.39 bits per heavy atom. The number of thiol groups is 1. The van der Waals surface area contributed by atoms with E-state index >= 15 is 0 Å². The molecule has 18 heavy (non-hydrogen) atoms. The van der Waals surface area contributed by atoms with Crippen LogP contribution in [0.3, 0.4) is 0 Å². The second-order valence-corrected chi connectivity index (χ2v) is 8.65. The van der Waals surface area contributed by atoms with Crippen LogP contribution in [0.4, 0.5) is 5.69 Å². The van der Waals surface area contributed by atoms with Crippen LogP contribution < -0.4 is 10.2 Å². The van der Waals surface area contributed by atoms with Crippen LogP contribution in [0.2, 0.25) is 0 Å². The van der Waals surface area contributed by atoms with E-state index in [0.29, 0.717) is 24.6 Å². The second-order valence-electron chi connectivity index (χ2n) is 5.10. The average Bonchev–Trinajstić information content (AvgIpc) is 2.69. The fourth-order valence-corrected chi connectivity index (χ4v) is 3.72. The van der Waals surface area contributed by atoms with E-state index in [0.717, 1.165) is 11.0 Å². The molecule has 3 nitrogen and oxygen atoms in total. The molecule has 1 unspecified atom stereocenters. The Morgan fingerprint density at radius 2 is 2.06 bits per heavy atom. The molecule has 2 rings (SSSR count). The first kappa shape index (κ1) is 13.7. The van der Waals surface area contributed by atoms with Crippen molar-refractivity contribution in [2.45, 2.75) is 6.42 Å². The SMILES string of the molecule is CP(C)(=O)c1ccccc1N1CC(CS)CC1=O. The molecule has 1 atom stereocenters. The molecule has 0 spiro atoms. The summed E-state index contributed by atoms with van der Waals surface area (Å²) in [5, 5.41) is 0.790. The minimum atomic E-state index is -2.38. The molecule has 0 aromatic heterocycles. The van der Waals surface area contributed by atoms with Crippen LogP contribution in [-0.4, -0.2) is 31.5 Å². The molecule has 1 aromatic rings. The Bertz CT molecular complexity index is 511. The monoisotopic (exact) mass is 283 g/mol. The Hall–Kier alpha value is -0.730. The highest BCUT2D eigenvalue weighted by molar-refractivity contribution is 7.80. The van der Waals surface area contributed by atoms with E-state index in [1.165, 1.54) is 0 Å². The van der Waals surface area contributed by atoms with Gasteiger partial charge in [-0.3, -0.25) is 4.79 Å². The number of hydrogen-bond donors (Lipinski definition) is 1.